The molecule has 2 fully saturated rings. The molecule has 0 saturated carbocycles. The van der Waals surface area contributed by atoms with Gasteiger partial charge in [-0.3, -0.25) is 0 Å². The van der Waals surface area contributed by atoms with E-state index in [0.717, 1.165) is 0 Å². The Kier molecular flexibility index (Phi) is 6.27. The van der Waals surface area contributed by atoms with Crippen molar-refractivity contribution in [3.8, 4) is 0 Å². The van der Waals surface area contributed by atoms with Crippen molar-refractivity contribution in [3.63, 3.8) is 0 Å². The Morgan fingerprint density at radius 2 is 1.79 bits per heavy atom. The van der Waals surface area contributed by atoms with E-state index in [1.165, 1.54) is 0 Å². The van der Waals surface area contributed by atoms with Crippen molar-refractivity contribution in [2.24, 2.45) is 5.41 Å². The summed E-state index contributed by atoms with van der Waals surface area (Å²) in [6.45, 7) is 0.679. The second-order valence-corrected chi connectivity index (χ2v) is 7.97. The predicted octanol–water partition coefficient (Wildman–Crippen LogP) is 2.88. The molecule has 0 aromatic carbocycles. The Bertz CT molecular complexity index is 351. The first-order valence-corrected chi connectivity index (χ1v) is 9.60. The molecule has 19 heavy (non-hydrogen) atoms. The summed E-state index contributed by atoms with van der Waals surface area (Å²) in [5, 5.41) is 0.703. The van der Waals surface area contributed by atoms with Crippen LogP contribution in [0, 0.1) is 5.41 Å². The van der Waals surface area contributed by atoms with E-state index in [9.17, 15) is 9.13 Å². The Morgan fingerprint density at radius 1 is 1.21 bits per heavy atom. The van der Waals surface area contributed by atoms with Crippen LogP contribution in [0.15, 0.2) is 0 Å². The standard InChI is InChI=1S/C8H12Br2O7P2/c9-1-6(10)2-13-7-8(5-16-19(12)17-7)3-14-18(11)15-4-8/h6-7H,1-5H2/q+2. The van der Waals surface area contributed by atoms with Crippen LogP contribution in [0.5, 0.6) is 0 Å². The molecule has 2 heterocycles. The highest BCUT2D eigenvalue weighted by molar-refractivity contribution is 9.12. The topological polar surface area (TPSA) is 80.3 Å². The van der Waals surface area contributed by atoms with Crippen molar-refractivity contribution < 1.29 is 32.0 Å². The highest BCUT2D eigenvalue weighted by atomic mass is 79.9. The van der Waals surface area contributed by atoms with Gasteiger partial charge in [-0.1, -0.05) is 36.4 Å². The summed E-state index contributed by atoms with van der Waals surface area (Å²) in [6.07, 6.45) is -0.785. The SMILES string of the molecule is O=[P+]1OCC2(CO1)CO[P+](=O)OC2OCC(Br)CBr. The van der Waals surface area contributed by atoms with Crippen LogP contribution < -0.4 is 0 Å². The normalized spacial score (nSPS) is 37.5. The largest absolute Gasteiger partial charge is 0.700 e. The van der Waals surface area contributed by atoms with Crippen LogP contribution in [0.3, 0.4) is 0 Å². The molecule has 0 aromatic rings. The molecule has 0 N–H and O–H groups in total. The lowest BCUT2D eigenvalue weighted by Crippen LogP contribution is -2.52. The molecule has 108 valence electrons. The van der Waals surface area contributed by atoms with E-state index < -0.39 is 28.2 Å². The molecular formula is C8H12Br2O7P2+2. The van der Waals surface area contributed by atoms with Gasteiger partial charge in [-0.15, -0.1) is 13.6 Å². The lowest BCUT2D eigenvalue weighted by Gasteiger charge is -2.35. The van der Waals surface area contributed by atoms with E-state index in [4.69, 9.17) is 22.8 Å². The average Bonchev–Trinajstić information content (AvgIpc) is 2.42. The molecule has 2 rings (SSSR count). The molecule has 0 amide bonds. The minimum absolute atomic E-state index is 0.0935. The van der Waals surface area contributed by atoms with Gasteiger partial charge in [0.1, 0.15) is 25.2 Å². The predicted molar refractivity (Wildman–Crippen MR) is 72.8 cm³/mol. The van der Waals surface area contributed by atoms with E-state index in [2.05, 4.69) is 31.9 Å². The van der Waals surface area contributed by atoms with Gasteiger partial charge in [0, 0.05) is 19.3 Å². The summed E-state index contributed by atoms with van der Waals surface area (Å²) in [6, 6.07) is 0. The zero-order chi connectivity index (χ0) is 13.9. The number of halogens is 2. The summed E-state index contributed by atoms with van der Waals surface area (Å²) >= 11 is 6.71. The van der Waals surface area contributed by atoms with E-state index in [1.807, 2.05) is 0 Å². The summed E-state index contributed by atoms with van der Waals surface area (Å²) < 4.78 is 48.2. The molecule has 3 atom stereocenters. The second-order valence-electron chi connectivity index (χ2n) is 4.15. The molecule has 2 aliphatic rings. The minimum Gasteiger partial charge on any atom is -0.346 e. The maximum atomic E-state index is 11.3. The van der Waals surface area contributed by atoms with Gasteiger partial charge >= 0.3 is 16.5 Å². The third-order valence-corrected chi connectivity index (χ3v) is 6.27. The Labute approximate surface area is 128 Å². The van der Waals surface area contributed by atoms with Crippen LogP contribution >= 0.6 is 48.4 Å². The van der Waals surface area contributed by atoms with Gasteiger partial charge < -0.3 is 4.74 Å². The van der Waals surface area contributed by atoms with E-state index >= 15 is 0 Å². The molecule has 0 aliphatic carbocycles. The fourth-order valence-electron chi connectivity index (χ4n) is 1.57. The smallest absolute Gasteiger partial charge is 0.346 e. The zero-order valence-corrected chi connectivity index (χ0v) is 14.7. The number of alkyl halides is 2. The molecular weight excluding hydrogens is 430 g/mol. The van der Waals surface area contributed by atoms with Gasteiger partial charge in [-0.05, 0) is 0 Å². The molecule has 0 bridgehead atoms. The van der Waals surface area contributed by atoms with Crippen molar-refractivity contribution in [3.05, 3.63) is 0 Å². The first-order valence-electron chi connectivity index (χ1n) is 5.37. The maximum absolute atomic E-state index is 11.3. The van der Waals surface area contributed by atoms with Crippen LogP contribution in [0.25, 0.3) is 0 Å². The number of rotatable bonds is 4. The van der Waals surface area contributed by atoms with E-state index in [-0.39, 0.29) is 24.6 Å². The summed E-state index contributed by atoms with van der Waals surface area (Å²) in [4.78, 5) is 0.0935. The van der Waals surface area contributed by atoms with Crippen LogP contribution in [0.4, 0.5) is 0 Å². The summed E-state index contributed by atoms with van der Waals surface area (Å²) in [5.41, 5.74) is -0.745. The molecule has 0 radical (unpaired) electrons. The van der Waals surface area contributed by atoms with Crippen molar-refractivity contribution in [1.29, 1.82) is 0 Å². The van der Waals surface area contributed by atoms with Gasteiger partial charge in [0.2, 0.25) is 6.29 Å². The molecule has 11 heteroatoms. The van der Waals surface area contributed by atoms with Gasteiger partial charge in [-0.2, -0.15) is 0 Å². The van der Waals surface area contributed by atoms with Crippen molar-refractivity contribution >= 4 is 48.4 Å². The fourth-order valence-corrected chi connectivity index (χ4v) is 3.58. The highest BCUT2D eigenvalue weighted by Gasteiger charge is 2.59. The highest BCUT2D eigenvalue weighted by Crippen LogP contribution is 2.48. The zero-order valence-electron chi connectivity index (χ0n) is 9.70. The first kappa shape index (κ1) is 16.3. The summed E-state index contributed by atoms with van der Waals surface area (Å²) in [5.74, 6) is 0. The lowest BCUT2D eigenvalue weighted by atomic mass is 9.90. The third-order valence-electron chi connectivity index (χ3n) is 2.65. The molecule has 2 saturated heterocycles. The molecule has 0 aromatic heterocycles. The monoisotopic (exact) mass is 440 g/mol. The summed E-state index contributed by atoms with van der Waals surface area (Å²) in [7, 11) is -4.32. The van der Waals surface area contributed by atoms with Crippen LogP contribution in [-0.4, -0.2) is 42.9 Å². The van der Waals surface area contributed by atoms with Crippen LogP contribution in [0.1, 0.15) is 0 Å². The molecule has 1 spiro atoms. The van der Waals surface area contributed by atoms with Gasteiger partial charge in [0.05, 0.1) is 6.61 Å². The van der Waals surface area contributed by atoms with Crippen molar-refractivity contribution in [1.82, 2.24) is 0 Å². The van der Waals surface area contributed by atoms with Gasteiger partial charge in [0.15, 0.2) is 0 Å². The van der Waals surface area contributed by atoms with Crippen LogP contribution in [0.2, 0.25) is 0 Å². The van der Waals surface area contributed by atoms with Gasteiger partial charge in [-0.25, -0.2) is 0 Å². The maximum Gasteiger partial charge on any atom is 0.700 e. The quantitative estimate of drug-likeness (QED) is 0.490. The van der Waals surface area contributed by atoms with Crippen molar-refractivity contribution in [2.75, 3.05) is 31.8 Å². The van der Waals surface area contributed by atoms with E-state index in [1.54, 1.807) is 0 Å². The number of hydrogen-bond acceptors (Lipinski definition) is 7. The molecule has 7 nitrogen and oxygen atoms in total. The fraction of sp³-hybridized carbons (Fsp3) is 1.00. The minimum atomic E-state index is -2.21. The molecule has 3 unspecified atom stereocenters. The van der Waals surface area contributed by atoms with Gasteiger partial charge in [0.25, 0.3) is 0 Å². The average molecular weight is 442 g/mol. The lowest BCUT2D eigenvalue weighted by molar-refractivity contribution is -0.216. The Morgan fingerprint density at radius 3 is 2.37 bits per heavy atom. The number of ether oxygens (including phenoxy) is 1. The number of hydrogen-bond donors (Lipinski definition) is 0. The van der Waals surface area contributed by atoms with Crippen LogP contribution in [-0.2, 0) is 32.0 Å². The Balaban J connectivity index is 2.01. The first-order chi connectivity index (χ1) is 9.05. The molecule has 2 aliphatic heterocycles. The Hall–Kier alpha value is 0.960. The van der Waals surface area contributed by atoms with Crippen molar-refractivity contribution in [2.45, 2.75) is 11.1 Å². The van der Waals surface area contributed by atoms with E-state index in [0.29, 0.717) is 11.9 Å². The second kappa shape index (κ2) is 7.29. The third kappa shape index (κ3) is 4.22.